The van der Waals surface area contributed by atoms with Crippen molar-refractivity contribution >= 4 is 5.97 Å². The number of hydrogen-bond acceptors (Lipinski definition) is 2. The first-order chi connectivity index (χ1) is 5.20. The van der Waals surface area contributed by atoms with Crippen LogP contribution < -0.4 is 27.3 Å². The van der Waals surface area contributed by atoms with Gasteiger partial charge in [0.05, 0.1) is 0 Å². The van der Waals surface area contributed by atoms with Crippen LogP contribution in [-0.2, 0) is 4.79 Å². The summed E-state index contributed by atoms with van der Waals surface area (Å²) < 4.78 is 5.89. The molecule has 0 saturated carbocycles. The zero-order valence-electron chi connectivity index (χ0n) is 6.03. The number of hydrogen-bond donors (Lipinski definition) is 0. The van der Waals surface area contributed by atoms with Gasteiger partial charge in [-0.15, -0.1) is 0 Å². The summed E-state index contributed by atoms with van der Waals surface area (Å²) in [5.74, 6) is 0.367. The quantitative estimate of drug-likeness (QED) is 0.335. The molecular formula is C8H8IO2+. The van der Waals surface area contributed by atoms with E-state index >= 15 is 0 Å². The van der Waals surface area contributed by atoms with Crippen molar-refractivity contribution in [1.29, 1.82) is 0 Å². The summed E-state index contributed by atoms with van der Waals surface area (Å²) in [7, 11) is 0. The predicted molar refractivity (Wildman–Crippen MR) is 37.8 cm³/mol. The highest BCUT2D eigenvalue weighted by Gasteiger charge is 2.07. The van der Waals surface area contributed by atoms with Crippen molar-refractivity contribution < 1.29 is 32.1 Å². The van der Waals surface area contributed by atoms with Gasteiger partial charge in [-0.1, -0.05) is 12.1 Å². The van der Waals surface area contributed by atoms with Gasteiger partial charge in [0, 0.05) is 6.92 Å². The van der Waals surface area contributed by atoms with Crippen LogP contribution in [0.5, 0.6) is 5.75 Å². The molecule has 0 fully saturated rings. The molecule has 0 saturated heterocycles. The third-order valence-corrected chi connectivity index (χ3v) is 2.07. The van der Waals surface area contributed by atoms with Crippen LogP contribution in [0.15, 0.2) is 24.3 Å². The number of esters is 1. The summed E-state index contributed by atoms with van der Waals surface area (Å²) in [5, 5.41) is 0. The van der Waals surface area contributed by atoms with Crippen LogP contribution in [-0.4, -0.2) is 5.97 Å². The first kappa shape index (κ1) is 8.52. The maximum Gasteiger partial charge on any atom is 0.308 e. The summed E-state index contributed by atoms with van der Waals surface area (Å²) in [4.78, 5) is 10.5. The summed E-state index contributed by atoms with van der Waals surface area (Å²) in [6.07, 6.45) is 0. The Bertz CT molecular complexity index is 271. The van der Waals surface area contributed by atoms with E-state index in [1.54, 1.807) is 6.07 Å². The molecule has 0 unspecified atom stereocenters. The monoisotopic (exact) mass is 263 g/mol. The molecule has 1 rings (SSSR count). The number of ether oxygens (including phenoxy) is 1. The highest BCUT2D eigenvalue weighted by molar-refractivity contribution is 5.69. The van der Waals surface area contributed by atoms with Gasteiger partial charge in [-0.25, -0.2) is 0 Å². The lowest BCUT2D eigenvalue weighted by molar-refractivity contribution is -0.330. The molecule has 1 aromatic carbocycles. The Morgan fingerprint density at radius 1 is 1.45 bits per heavy atom. The molecule has 0 aromatic heterocycles. The van der Waals surface area contributed by atoms with E-state index in [0.29, 0.717) is 5.75 Å². The molecular weight excluding hydrogens is 255 g/mol. The van der Waals surface area contributed by atoms with Gasteiger partial charge in [0.15, 0.2) is 5.75 Å². The summed E-state index contributed by atoms with van der Waals surface area (Å²) in [6.45, 7) is 1.40. The molecule has 0 atom stereocenters. The Kier molecular flexibility index (Phi) is 2.87. The molecule has 2 nitrogen and oxygen atoms in total. The van der Waals surface area contributed by atoms with Crippen LogP contribution in [0.3, 0.4) is 0 Å². The fraction of sp³-hybridized carbons (Fsp3) is 0.125. The van der Waals surface area contributed by atoms with E-state index < -0.39 is 0 Å². The molecule has 0 spiro atoms. The number of carbonyl (C=O) groups excluding carboxylic acids is 1. The van der Waals surface area contributed by atoms with Crippen molar-refractivity contribution in [2.24, 2.45) is 0 Å². The lowest BCUT2D eigenvalue weighted by atomic mass is 10.3. The van der Waals surface area contributed by atoms with Gasteiger partial charge in [-0.3, -0.25) is 4.79 Å². The largest absolute Gasteiger partial charge is 0.422 e. The van der Waals surface area contributed by atoms with E-state index in [4.69, 9.17) is 4.74 Å². The normalized spacial score (nSPS) is 9.27. The Morgan fingerprint density at radius 2 is 2.09 bits per heavy atom. The van der Waals surface area contributed by atoms with E-state index in [9.17, 15) is 4.79 Å². The second kappa shape index (κ2) is 3.71. The summed E-state index contributed by atoms with van der Waals surface area (Å²) in [5.41, 5.74) is 0. The van der Waals surface area contributed by atoms with Crippen LogP contribution >= 0.6 is 0 Å². The lowest BCUT2D eigenvalue weighted by Crippen LogP contribution is -3.34. The smallest absolute Gasteiger partial charge is 0.308 e. The van der Waals surface area contributed by atoms with Gasteiger partial charge >= 0.3 is 28.6 Å². The SMILES string of the molecule is CC(=O)Oc1ccccc1[IH+]. The summed E-state index contributed by atoms with van der Waals surface area (Å²) >= 11 is 1.83. The number of rotatable bonds is 1. The van der Waals surface area contributed by atoms with Gasteiger partial charge in [0.2, 0.25) is 3.57 Å². The van der Waals surface area contributed by atoms with Crippen molar-refractivity contribution in [3.8, 4) is 5.75 Å². The van der Waals surface area contributed by atoms with Crippen LogP contribution in [0.1, 0.15) is 6.92 Å². The molecule has 0 amide bonds. The minimum atomic E-state index is -0.277. The Hall–Kier alpha value is -0.580. The van der Waals surface area contributed by atoms with Gasteiger partial charge in [-0.05, 0) is 12.1 Å². The molecule has 0 N–H and O–H groups in total. The third kappa shape index (κ3) is 2.49. The fourth-order valence-corrected chi connectivity index (χ4v) is 1.23. The van der Waals surface area contributed by atoms with E-state index in [1.165, 1.54) is 6.92 Å². The van der Waals surface area contributed by atoms with E-state index in [2.05, 4.69) is 0 Å². The topological polar surface area (TPSA) is 26.3 Å². The number of carbonyl (C=O) groups is 1. The zero-order chi connectivity index (χ0) is 8.27. The maximum atomic E-state index is 10.5. The molecule has 11 heavy (non-hydrogen) atoms. The van der Waals surface area contributed by atoms with Gasteiger partial charge in [-0.2, -0.15) is 0 Å². The second-order valence-corrected chi connectivity index (χ2v) is 3.30. The van der Waals surface area contributed by atoms with Crippen molar-refractivity contribution in [3.05, 3.63) is 27.8 Å². The van der Waals surface area contributed by atoms with Gasteiger partial charge < -0.3 is 4.74 Å². The lowest BCUT2D eigenvalue weighted by Gasteiger charge is -1.97. The van der Waals surface area contributed by atoms with Crippen molar-refractivity contribution in [1.82, 2.24) is 0 Å². The number of benzene rings is 1. The Labute approximate surface area is 78.7 Å². The van der Waals surface area contributed by atoms with Crippen molar-refractivity contribution in [3.63, 3.8) is 0 Å². The summed E-state index contributed by atoms with van der Waals surface area (Å²) in [6, 6.07) is 7.43. The predicted octanol–water partition coefficient (Wildman–Crippen LogP) is -1.93. The van der Waals surface area contributed by atoms with Crippen molar-refractivity contribution in [2.45, 2.75) is 6.92 Å². The molecule has 1 aromatic rings. The molecule has 0 aliphatic rings. The fourth-order valence-electron chi connectivity index (χ4n) is 0.689. The molecule has 0 bridgehead atoms. The average molecular weight is 263 g/mol. The maximum absolute atomic E-state index is 10.5. The second-order valence-electron chi connectivity index (χ2n) is 2.04. The first-order valence-electron chi connectivity index (χ1n) is 3.14. The molecule has 0 heterocycles. The van der Waals surface area contributed by atoms with Gasteiger partial charge in [0.1, 0.15) is 0 Å². The molecule has 0 aliphatic carbocycles. The minimum absolute atomic E-state index is 0.277. The highest BCUT2D eigenvalue weighted by atomic mass is 127. The molecule has 3 heteroatoms. The van der Waals surface area contributed by atoms with Crippen LogP contribution in [0.25, 0.3) is 0 Å². The molecule has 0 radical (unpaired) electrons. The Balaban J connectivity index is 2.86. The van der Waals surface area contributed by atoms with Gasteiger partial charge in [0.25, 0.3) is 0 Å². The molecule has 0 aliphatic heterocycles. The zero-order valence-corrected chi connectivity index (χ0v) is 8.36. The van der Waals surface area contributed by atoms with E-state index in [-0.39, 0.29) is 5.97 Å². The molecule has 58 valence electrons. The average Bonchev–Trinajstić information content (AvgIpc) is 1.93. The highest BCUT2D eigenvalue weighted by Crippen LogP contribution is 2.08. The number of halogens is 1. The standard InChI is InChI=1S/C8H8IO2/c1-6(10)11-8-5-3-2-4-7(8)9/h2-5,9H,1H3/q+1. The van der Waals surface area contributed by atoms with Crippen LogP contribution in [0.4, 0.5) is 0 Å². The van der Waals surface area contributed by atoms with Crippen molar-refractivity contribution in [2.75, 3.05) is 0 Å². The minimum Gasteiger partial charge on any atom is -0.422 e. The Morgan fingerprint density at radius 3 is 2.64 bits per heavy atom. The van der Waals surface area contributed by atoms with E-state index in [1.807, 2.05) is 40.8 Å². The first-order valence-corrected chi connectivity index (χ1v) is 4.31. The third-order valence-electron chi connectivity index (χ3n) is 1.10. The van der Waals surface area contributed by atoms with Crippen LogP contribution in [0.2, 0.25) is 0 Å². The van der Waals surface area contributed by atoms with E-state index in [0.717, 1.165) is 3.57 Å². The van der Waals surface area contributed by atoms with Crippen LogP contribution in [0, 0.1) is 3.57 Å². The number of para-hydroxylation sites is 1.